The molecule has 1 atom stereocenters. The summed E-state index contributed by atoms with van der Waals surface area (Å²) in [5.41, 5.74) is 0.852. The van der Waals surface area contributed by atoms with Gasteiger partial charge in [0.15, 0.2) is 0 Å². The van der Waals surface area contributed by atoms with Crippen LogP contribution in [0.1, 0.15) is 26.7 Å². The normalized spacial score (nSPS) is 17.7. The van der Waals surface area contributed by atoms with Gasteiger partial charge in [-0.1, -0.05) is 26.0 Å². The fourth-order valence-electron chi connectivity index (χ4n) is 2.81. The van der Waals surface area contributed by atoms with E-state index in [0.717, 1.165) is 30.0 Å². The minimum atomic E-state index is -0.0589. The van der Waals surface area contributed by atoms with Crippen LogP contribution in [0.25, 0.3) is 0 Å². The second kappa shape index (κ2) is 8.97. The summed E-state index contributed by atoms with van der Waals surface area (Å²) < 4.78 is 0. The Hall–Kier alpha value is -1.69. The number of benzene rings is 1. The van der Waals surface area contributed by atoms with E-state index in [0.29, 0.717) is 19.0 Å². The number of piperidine rings is 1. The lowest BCUT2D eigenvalue weighted by atomic mass is 9.98. The molecule has 1 heterocycles. The molecule has 0 spiro atoms. The van der Waals surface area contributed by atoms with E-state index in [1.54, 1.807) is 11.8 Å². The Labute approximate surface area is 148 Å². The van der Waals surface area contributed by atoms with Crippen LogP contribution in [-0.4, -0.2) is 42.7 Å². The van der Waals surface area contributed by atoms with Gasteiger partial charge < -0.3 is 15.5 Å². The van der Waals surface area contributed by atoms with Crippen molar-refractivity contribution in [3.8, 4) is 0 Å². The topological polar surface area (TPSA) is 61.4 Å². The fourth-order valence-corrected chi connectivity index (χ4v) is 3.36. The number of hydrogen-bond donors (Lipinski definition) is 2. The number of para-hydroxylation sites is 1. The predicted molar refractivity (Wildman–Crippen MR) is 99.4 cm³/mol. The first-order valence-corrected chi connectivity index (χ1v) is 9.70. The number of nitrogens with zero attached hydrogens (tertiary/aromatic N) is 1. The molecular weight excluding hydrogens is 322 g/mol. The van der Waals surface area contributed by atoms with Crippen molar-refractivity contribution in [1.82, 2.24) is 10.2 Å². The number of thioether (sulfide) groups is 1. The summed E-state index contributed by atoms with van der Waals surface area (Å²) in [5, 5.41) is 5.99. The summed E-state index contributed by atoms with van der Waals surface area (Å²) in [6, 6.07) is 7.76. The molecule has 0 saturated carbocycles. The number of carbonyl (C=O) groups excluding carboxylic acids is 2. The molecule has 1 aliphatic heterocycles. The highest BCUT2D eigenvalue weighted by molar-refractivity contribution is 7.98. The van der Waals surface area contributed by atoms with Crippen LogP contribution in [0.15, 0.2) is 29.2 Å². The van der Waals surface area contributed by atoms with Gasteiger partial charge in [0, 0.05) is 30.4 Å². The van der Waals surface area contributed by atoms with E-state index in [-0.39, 0.29) is 17.9 Å². The molecule has 1 saturated heterocycles. The lowest BCUT2D eigenvalue weighted by Gasteiger charge is -2.33. The van der Waals surface area contributed by atoms with E-state index in [1.165, 1.54) is 0 Å². The van der Waals surface area contributed by atoms with E-state index in [2.05, 4.69) is 10.6 Å². The molecule has 0 bridgehead atoms. The van der Waals surface area contributed by atoms with Gasteiger partial charge in [-0.05, 0) is 37.1 Å². The Morgan fingerprint density at radius 1 is 1.33 bits per heavy atom. The lowest BCUT2D eigenvalue weighted by molar-refractivity contribution is -0.124. The first-order chi connectivity index (χ1) is 11.5. The van der Waals surface area contributed by atoms with Crippen LogP contribution in [0.3, 0.4) is 0 Å². The summed E-state index contributed by atoms with van der Waals surface area (Å²) in [4.78, 5) is 27.2. The van der Waals surface area contributed by atoms with E-state index >= 15 is 0 Å². The van der Waals surface area contributed by atoms with E-state index < -0.39 is 0 Å². The van der Waals surface area contributed by atoms with Gasteiger partial charge in [0.05, 0.1) is 5.69 Å². The molecule has 132 valence electrons. The van der Waals surface area contributed by atoms with Crippen molar-refractivity contribution in [3.63, 3.8) is 0 Å². The van der Waals surface area contributed by atoms with Crippen molar-refractivity contribution < 1.29 is 9.59 Å². The standard InChI is InChI=1S/C18H27N3O2S/c1-13(2)17(22)19-11-14-7-6-10-21(12-14)18(23)20-15-8-4-5-9-16(15)24-3/h4-5,8-9,13-14H,6-7,10-12H2,1-3H3,(H,19,22)(H,20,23)/t14-/m0/s1. The van der Waals surface area contributed by atoms with Crippen LogP contribution in [0, 0.1) is 11.8 Å². The monoisotopic (exact) mass is 349 g/mol. The highest BCUT2D eigenvalue weighted by Gasteiger charge is 2.24. The summed E-state index contributed by atoms with van der Waals surface area (Å²) in [7, 11) is 0. The zero-order valence-electron chi connectivity index (χ0n) is 14.7. The van der Waals surface area contributed by atoms with Gasteiger partial charge in [0.1, 0.15) is 0 Å². The minimum absolute atomic E-state index is 0.00367. The highest BCUT2D eigenvalue weighted by Crippen LogP contribution is 2.25. The molecule has 5 nitrogen and oxygen atoms in total. The van der Waals surface area contributed by atoms with Gasteiger partial charge in [-0.25, -0.2) is 4.79 Å². The lowest BCUT2D eigenvalue weighted by Crippen LogP contribution is -2.45. The summed E-state index contributed by atoms with van der Waals surface area (Å²) in [6.45, 7) is 5.87. The molecule has 3 amide bonds. The molecule has 2 N–H and O–H groups in total. The van der Waals surface area contributed by atoms with Crippen LogP contribution < -0.4 is 10.6 Å². The Balaban J connectivity index is 1.89. The molecule has 24 heavy (non-hydrogen) atoms. The average molecular weight is 350 g/mol. The van der Waals surface area contributed by atoms with Crippen LogP contribution in [-0.2, 0) is 4.79 Å². The number of likely N-dealkylation sites (tertiary alicyclic amines) is 1. The van der Waals surface area contributed by atoms with Crippen LogP contribution in [0.5, 0.6) is 0 Å². The van der Waals surface area contributed by atoms with Gasteiger partial charge in [-0.2, -0.15) is 0 Å². The maximum absolute atomic E-state index is 12.5. The molecule has 1 aromatic rings. The van der Waals surface area contributed by atoms with Crippen molar-refractivity contribution in [1.29, 1.82) is 0 Å². The predicted octanol–water partition coefficient (Wildman–Crippen LogP) is 3.42. The Kier molecular flexibility index (Phi) is 6.97. The second-order valence-electron chi connectivity index (χ2n) is 6.48. The van der Waals surface area contributed by atoms with Crippen molar-refractivity contribution in [2.75, 3.05) is 31.2 Å². The average Bonchev–Trinajstić information content (AvgIpc) is 2.60. The minimum Gasteiger partial charge on any atom is -0.356 e. The zero-order valence-corrected chi connectivity index (χ0v) is 15.5. The quantitative estimate of drug-likeness (QED) is 0.801. The maximum atomic E-state index is 12.5. The molecule has 1 fully saturated rings. The maximum Gasteiger partial charge on any atom is 0.321 e. The highest BCUT2D eigenvalue weighted by atomic mass is 32.2. The Morgan fingerprint density at radius 2 is 2.08 bits per heavy atom. The SMILES string of the molecule is CSc1ccccc1NC(=O)N1CCC[C@@H](CNC(=O)C(C)C)C1. The first kappa shape index (κ1) is 18.6. The van der Waals surface area contributed by atoms with Crippen molar-refractivity contribution in [3.05, 3.63) is 24.3 Å². The van der Waals surface area contributed by atoms with E-state index in [1.807, 2.05) is 49.3 Å². The zero-order chi connectivity index (χ0) is 17.5. The third kappa shape index (κ3) is 5.16. The summed E-state index contributed by atoms with van der Waals surface area (Å²) in [5.74, 6) is 0.393. The number of rotatable bonds is 5. The largest absolute Gasteiger partial charge is 0.356 e. The molecule has 1 aromatic carbocycles. The van der Waals surface area contributed by atoms with Gasteiger partial charge in [-0.3, -0.25) is 4.79 Å². The second-order valence-corrected chi connectivity index (χ2v) is 7.33. The fraction of sp³-hybridized carbons (Fsp3) is 0.556. The molecular formula is C18H27N3O2S. The molecule has 0 aliphatic carbocycles. The molecule has 0 unspecified atom stereocenters. The van der Waals surface area contributed by atoms with Crippen molar-refractivity contribution in [2.45, 2.75) is 31.6 Å². The number of carbonyl (C=O) groups is 2. The molecule has 0 radical (unpaired) electrons. The van der Waals surface area contributed by atoms with Crippen molar-refractivity contribution >= 4 is 29.4 Å². The smallest absolute Gasteiger partial charge is 0.321 e. The Bertz CT molecular complexity index is 577. The molecule has 6 heteroatoms. The number of hydrogen-bond acceptors (Lipinski definition) is 3. The first-order valence-electron chi connectivity index (χ1n) is 8.48. The number of nitrogens with one attached hydrogen (secondary N) is 2. The number of amides is 3. The molecule has 1 aliphatic rings. The Morgan fingerprint density at radius 3 is 2.79 bits per heavy atom. The van der Waals surface area contributed by atoms with Gasteiger partial charge in [-0.15, -0.1) is 11.8 Å². The van der Waals surface area contributed by atoms with Crippen molar-refractivity contribution in [2.24, 2.45) is 11.8 Å². The van der Waals surface area contributed by atoms with E-state index in [9.17, 15) is 9.59 Å². The number of anilines is 1. The van der Waals surface area contributed by atoms with Gasteiger partial charge in [0.2, 0.25) is 5.91 Å². The van der Waals surface area contributed by atoms with E-state index in [4.69, 9.17) is 0 Å². The van der Waals surface area contributed by atoms with Gasteiger partial charge >= 0.3 is 6.03 Å². The summed E-state index contributed by atoms with van der Waals surface area (Å²) in [6.07, 6.45) is 4.02. The third-order valence-electron chi connectivity index (χ3n) is 4.24. The number of urea groups is 1. The molecule has 2 rings (SSSR count). The third-order valence-corrected chi connectivity index (χ3v) is 5.04. The molecule has 0 aromatic heterocycles. The van der Waals surface area contributed by atoms with Gasteiger partial charge in [0.25, 0.3) is 0 Å². The summed E-state index contributed by atoms with van der Waals surface area (Å²) >= 11 is 1.62. The van der Waals surface area contributed by atoms with Crippen LogP contribution in [0.2, 0.25) is 0 Å². The van der Waals surface area contributed by atoms with Crippen LogP contribution in [0.4, 0.5) is 10.5 Å². The van der Waals surface area contributed by atoms with Crippen LogP contribution >= 0.6 is 11.8 Å².